The van der Waals surface area contributed by atoms with Crippen LogP contribution in [0.15, 0.2) is 47.7 Å². The summed E-state index contributed by atoms with van der Waals surface area (Å²) in [4.78, 5) is 12.8. The predicted molar refractivity (Wildman–Crippen MR) is 106 cm³/mol. The molecule has 1 atom stereocenters. The molecule has 0 radical (unpaired) electrons. The zero-order valence-electron chi connectivity index (χ0n) is 16.2. The summed E-state index contributed by atoms with van der Waals surface area (Å²) in [6.07, 6.45) is 4.34. The second-order valence-electron chi connectivity index (χ2n) is 6.69. The van der Waals surface area contributed by atoms with E-state index in [1.165, 1.54) is 12.1 Å². The Morgan fingerprint density at radius 1 is 1.31 bits per heavy atom. The lowest BCUT2D eigenvalue weighted by Gasteiger charge is -2.29. The zero-order valence-corrected chi connectivity index (χ0v) is 17.0. The Kier molecular flexibility index (Phi) is 8.86. The molecule has 0 saturated heterocycles. The van der Waals surface area contributed by atoms with Crippen LogP contribution in [0.5, 0.6) is 0 Å². The molecule has 0 aliphatic heterocycles. The quantitative estimate of drug-likeness (QED) is 0.351. The van der Waals surface area contributed by atoms with Crippen LogP contribution in [0.25, 0.3) is 0 Å². The van der Waals surface area contributed by atoms with Crippen molar-refractivity contribution < 1.29 is 13.9 Å². The number of hydrogen-bond acceptors (Lipinski definition) is 2. The van der Waals surface area contributed by atoms with E-state index in [0.29, 0.717) is 18.1 Å². The van der Waals surface area contributed by atoms with Crippen molar-refractivity contribution in [1.29, 1.82) is 0 Å². The molecule has 0 spiro atoms. The van der Waals surface area contributed by atoms with Gasteiger partial charge in [-0.1, -0.05) is 32.1 Å². The van der Waals surface area contributed by atoms with Gasteiger partial charge < -0.3 is 10.1 Å². The lowest BCUT2D eigenvalue weighted by Crippen LogP contribution is -2.46. The lowest BCUT2D eigenvalue weighted by atomic mass is 9.94. The summed E-state index contributed by atoms with van der Waals surface area (Å²) in [6, 6.07) is 6.12. The topological polar surface area (TPSA) is 38.3 Å². The van der Waals surface area contributed by atoms with Crippen LogP contribution < -0.4 is 5.32 Å². The third kappa shape index (κ3) is 6.49. The molecule has 5 heteroatoms. The number of allylic oxidation sites excluding steroid dienone is 3. The first-order valence-electron chi connectivity index (χ1n) is 8.92. The standard InChI is InChI=1S/C21H29ClFNO2/c1-6-15(3)19(9-8-14-22)26-18(7-2)20(25)24-21(4,5)16-10-12-17(23)13-11-16/h8-13,18H,6-7,14H2,1-5H3,(H,24,25)/b9-8-,19-15-. The van der Waals surface area contributed by atoms with E-state index in [1.54, 1.807) is 18.2 Å². The van der Waals surface area contributed by atoms with Gasteiger partial charge in [-0.3, -0.25) is 4.79 Å². The Morgan fingerprint density at radius 2 is 1.92 bits per heavy atom. The van der Waals surface area contributed by atoms with Crippen LogP contribution in [0, 0.1) is 5.82 Å². The van der Waals surface area contributed by atoms with Crippen LogP contribution in [0.2, 0.25) is 0 Å². The van der Waals surface area contributed by atoms with Crippen LogP contribution in [0.1, 0.15) is 53.0 Å². The van der Waals surface area contributed by atoms with Gasteiger partial charge in [-0.2, -0.15) is 0 Å². The van der Waals surface area contributed by atoms with Gasteiger partial charge in [0, 0.05) is 5.88 Å². The van der Waals surface area contributed by atoms with Crippen molar-refractivity contribution in [2.75, 3.05) is 5.88 Å². The van der Waals surface area contributed by atoms with E-state index < -0.39 is 11.6 Å². The third-order valence-electron chi connectivity index (χ3n) is 4.24. The van der Waals surface area contributed by atoms with Crippen molar-refractivity contribution in [3.8, 4) is 0 Å². The molecular formula is C21H29ClFNO2. The molecule has 0 aliphatic rings. The summed E-state index contributed by atoms with van der Waals surface area (Å²) < 4.78 is 19.1. The molecule has 0 aliphatic carbocycles. The maximum atomic E-state index is 13.1. The molecule has 144 valence electrons. The Balaban J connectivity index is 2.93. The summed E-state index contributed by atoms with van der Waals surface area (Å²) in [5.74, 6) is 0.545. The molecule has 0 heterocycles. The Labute approximate surface area is 161 Å². The highest BCUT2D eigenvalue weighted by Gasteiger charge is 2.28. The maximum Gasteiger partial charge on any atom is 0.261 e. The van der Waals surface area contributed by atoms with E-state index >= 15 is 0 Å². The maximum absolute atomic E-state index is 13.1. The summed E-state index contributed by atoms with van der Waals surface area (Å²) in [5, 5.41) is 3.00. The number of benzene rings is 1. The Bertz CT molecular complexity index is 650. The summed E-state index contributed by atoms with van der Waals surface area (Å²) in [6.45, 7) is 9.67. The largest absolute Gasteiger partial charge is 0.481 e. The highest BCUT2D eigenvalue weighted by molar-refractivity contribution is 6.18. The lowest BCUT2D eigenvalue weighted by molar-refractivity contribution is -0.132. The van der Waals surface area contributed by atoms with Crippen LogP contribution in [0.4, 0.5) is 4.39 Å². The first-order valence-corrected chi connectivity index (χ1v) is 9.45. The van der Waals surface area contributed by atoms with Crippen LogP contribution in [0.3, 0.4) is 0 Å². The van der Waals surface area contributed by atoms with Gasteiger partial charge >= 0.3 is 0 Å². The van der Waals surface area contributed by atoms with Crippen molar-refractivity contribution in [1.82, 2.24) is 5.32 Å². The molecule has 1 unspecified atom stereocenters. The number of alkyl halides is 1. The van der Waals surface area contributed by atoms with Crippen molar-refractivity contribution in [3.05, 3.63) is 59.1 Å². The Morgan fingerprint density at radius 3 is 2.42 bits per heavy atom. The third-order valence-corrected chi connectivity index (χ3v) is 4.42. The van der Waals surface area contributed by atoms with Gasteiger partial charge in [-0.05, 0) is 63.0 Å². The molecule has 0 bridgehead atoms. The molecule has 3 nitrogen and oxygen atoms in total. The van der Waals surface area contributed by atoms with Gasteiger partial charge in [0.1, 0.15) is 11.6 Å². The summed E-state index contributed by atoms with van der Waals surface area (Å²) in [5.41, 5.74) is 1.23. The average Bonchev–Trinajstić information content (AvgIpc) is 2.61. The van der Waals surface area contributed by atoms with Crippen molar-refractivity contribution in [2.24, 2.45) is 0 Å². The molecule has 26 heavy (non-hydrogen) atoms. The highest BCUT2D eigenvalue weighted by Crippen LogP contribution is 2.22. The van der Waals surface area contributed by atoms with Gasteiger partial charge in [0.05, 0.1) is 5.54 Å². The number of carbonyl (C=O) groups excluding carboxylic acids is 1. The summed E-state index contributed by atoms with van der Waals surface area (Å²) in [7, 11) is 0. The number of ether oxygens (including phenoxy) is 1. The predicted octanol–water partition coefficient (Wildman–Crippen LogP) is 5.45. The van der Waals surface area contributed by atoms with E-state index in [0.717, 1.165) is 17.6 Å². The van der Waals surface area contributed by atoms with E-state index in [-0.39, 0.29) is 11.7 Å². The normalized spacial score (nSPS) is 14.1. The smallest absolute Gasteiger partial charge is 0.261 e. The fourth-order valence-corrected chi connectivity index (χ4v) is 2.50. The molecule has 1 amide bonds. The van der Waals surface area contributed by atoms with Gasteiger partial charge in [-0.15, -0.1) is 11.6 Å². The van der Waals surface area contributed by atoms with Gasteiger partial charge in [0.15, 0.2) is 6.10 Å². The number of hydrogen-bond donors (Lipinski definition) is 1. The molecule has 1 N–H and O–H groups in total. The van der Waals surface area contributed by atoms with E-state index in [1.807, 2.05) is 40.7 Å². The molecule has 0 saturated carbocycles. The fraction of sp³-hybridized carbons (Fsp3) is 0.476. The van der Waals surface area contributed by atoms with Crippen LogP contribution in [-0.2, 0) is 15.1 Å². The van der Waals surface area contributed by atoms with Gasteiger partial charge in [-0.25, -0.2) is 4.39 Å². The van der Waals surface area contributed by atoms with Gasteiger partial charge in [0.2, 0.25) is 0 Å². The van der Waals surface area contributed by atoms with E-state index in [4.69, 9.17) is 16.3 Å². The molecule has 0 aromatic heterocycles. The monoisotopic (exact) mass is 381 g/mol. The minimum Gasteiger partial charge on any atom is -0.481 e. The van der Waals surface area contributed by atoms with Crippen molar-refractivity contribution in [2.45, 2.75) is 59.1 Å². The minimum atomic E-state index is -0.642. The second kappa shape index (κ2) is 10.4. The minimum absolute atomic E-state index is 0.206. The number of halogens is 2. The van der Waals surface area contributed by atoms with E-state index in [2.05, 4.69) is 5.32 Å². The first-order chi connectivity index (χ1) is 12.2. The number of amides is 1. The summed E-state index contributed by atoms with van der Waals surface area (Å²) >= 11 is 5.72. The van der Waals surface area contributed by atoms with E-state index in [9.17, 15) is 9.18 Å². The van der Waals surface area contributed by atoms with Crippen molar-refractivity contribution in [3.63, 3.8) is 0 Å². The molecular weight excluding hydrogens is 353 g/mol. The molecule has 1 rings (SSSR count). The SMILES string of the molecule is CC/C(C)=C(/C=C\CCl)OC(CC)C(=O)NC(C)(C)c1ccc(F)cc1. The average molecular weight is 382 g/mol. The number of carbonyl (C=O) groups is 1. The van der Waals surface area contributed by atoms with Crippen LogP contribution >= 0.6 is 11.6 Å². The molecule has 0 fully saturated rings. The highest BCUT2D eigenvalue weighted by atomic mass is 35.5. The zero-order chi connectivity index (χ0) is 19.7. The van der Waals surface area contributed by atoms with Crippen molar-refractivity contribution >= 4 is 17.5 Å². The fourth-order valence-electron chi connectivity index (χ4n) is 2.41. The number of nitrogens with one attached hydrogen (secondary N) is 1. The molecule has 1 aromatic carbocycles. The first kappa shape index (κ1) is 22.2. The van der Waals surface area contributed by atoms with Crippen LogP contribution in [-0.4, -0.2) is 17.9 Å². The number of rotatable bonds is 9. The Hall–Kier alpha value is -1.81. The molecule has 1 aromatic rings. The van der Waals surface area contributed by atoms with Gasteiger partial charge in [0.25, 0.3) is 5.91 Å². The second-order valence-corrected chi connectivity index (χ2v) is 7.00.